The highest BCUT2D eigenvalue weighted by Crippen LogP contribution is 2.25. The van der Waals surface area contributed by atoms with Crippen LogP contribution in [0.5, 0.6) is 5.75 Å². The second-order valence-electron chi connectivity index (χ2n) is 7.65. The summed E-state index contributed by atoms with van der Waals surface area (Å²) in [5.41, 5.74) is 6.06. The Morgan fingerprint density at radius 3 is 2.03 bits per heavy atom. The SMILES string of the molecule is COc1cc(C)nc(-c2cccc(C)n2)c1.Cc1ccc(-c2cc(F)c(C)cc2F)cc1. The minimum atomic E-state index is -0.386. The molecule has 4 rings (SSSR count). The highest BCUT2D eigenvalue weighted by atomic mass is 19.1. The molecule has 0 amide bonds. The fraction of sp³-hybridized carbons (Fsp3) is 0.185. The molecule has 32 heavy (non-hydrogen) atoms. The zero-order chi connectivity index (χ0) is 23.3. The van der Waals surface area contributed by atoms with Crippen LogP contribution in [0.3, 0.4) is 0 Å². The van der Waals surface area contributed by atoms with Gasteiger partial charge in [-0.3, -0.25) is 9.97 Å². The van der Waals surface area contributed by atoms with E-state index < -0.39 is 0 Å². The first-order chi connectivity index (χ1) is 15.3. The van der Waals surface area contributed by atoms with Crippen molar-refractivity contribution >= 4 is 0 Å². The minimum Gasteiger partial charge on any atom is -0.497 e. The van der Waals surface area contributed by atoms with E-state index in [4.69, 9.17) is 4.74 Å². The van der Waals surface area contributed by atoms with Gasteiger partial charge in [-0.15, -0.1) is 0 Å². The Hall–Kier alpha value is -3.60. The molecule has 0 radical (unpaired) electrons. The molecule has 0 atom stereocenters. The number of aryl methyl sites for hydroxylation is 4. The minimum absolute atomic E-state index is 0.308. The fourth-order valence-electron chi connectivity index (χ4n) is 3.17. The van der Waals surface area contributed by atoms with Crippen LogP contribution in [0.4, 0.5) is 8.78 Å². The zero-order valence-electron chi connectivity index (χ0n) is 18.9. The number of aromatic nitrogens is 2. The van der Waals surface area contributed by atoms with Crippen molar-refractivity contribution in [1.29, 1.82) is 0 Å². The van der Waals surface area contributed by atoms with E-state index in [-0.39, 0.29) is 11.6 Å². The molecule has 164 valence electrons. The first kappa shape index (κ1) is 23.1. The zero-order valence-corrected chi connectivity index (χ0v) is 18.9. The number of hydrogen-bond donors (Lipinski definition) is 0. The van der Waals surface area contributed by atoms with Gasteiger partial charge < -0.3 is 4.74 Å². The second-order valence-corrected chi connectivity index (χ2v) is 7.65. The third kappa shape index (κ3) is 5.76. The summed E-state index contributed by atoms with van der Waals surface area (Å²) >= 11 is 0. The fourth-order valence-corrected chi connectivity index (χ4v) is 3.17. The highest BCUT2D eigenvalue weighted by molar-refractivity contribution is 5.65. The Labute approximate surface area is 187 Å². The summed E-state index contributed by atoms with van der Waals surface area (Å²) in [6.45, 7) is 7.42. The summed E-state index contributed by atoms with van der Waals surface area (Å²) in [5, 5.41) is 0. The summed E-state index contributed by atoms with van der Waals surface area (Å²) in [4.78, 5) is 8.89. The molecule has 3 nitrogen and oxygen atoms in total. The number of hydrogen-bond acceptors (Lipinski definition) is 3. The van der Waals surface area contributed by atoms with Crippen LogP contribution in [0.15, 0.2) is 66.7 Å². The Balaban J connectivity index is 0.000000181. The van der Waals surface area contributed by atoms with E-state index in [0.717, 1.165) is 34.1 Å². The molecule has 0 unspecified atom stereocenters. The maximum Gasteiger partial charge on any atom is 0.131 e. The second kappa shape index (κ2) is 10.1. The number of halogens is 2. The molecule has 2 heterocycles. The Kier molecular flexibility index (Phi) is 7.31. The van der Waals surface area contributed by atoms with Crippen LogP contribution < -0.4 is 4.74 Å². The number of benzene rings is 2. The Bertz CT molecular complexity index is 1220. The van der Waals surface area contributed by atoms with Crippen LogP contribution in [0.2, 0.25) is 0 Å². The largest absolute Gasteiger partial charge is 0.497 e. The van der Waals surface area contributed by atoms with Crippen molar-refractivity contribution in [3.63, 3.8) is 0 Å². The lowest BCUT2D eigenvalue weighted by atomic mass is 10.0. The maximum absolute atomic E-state index is 13.7. The summed E-state index contributed by atoms with van der Waals surface area (Å²) in [6, 6.07) is 19.5. The van der Waals surface area contributed by atoms with Crippen molar-refractivity contribution < 1.29 is 13.5 Å². The first-order valence-corrected chi connectivity index (χ1v) is 10.3. The highest BCUT2D eigenvalue weighted by Gasteiger charge is 2.09. The average molecular weight is 433 g/mol. The molecule has 0 saturated heterocycles. The van der Waals surface area contributed by atoms with Gasteiger partial charge in [-0.1, -0.05) is 35.9 Å². The standard InChI is InChI=1S/C14H12F2.C13H14N2O/c1-9-3-5-11(6-4-9)12-8-13(15)10(2)7-14(12)16;1-9-5-4-6-12(14-9)13-8-11(16-3)7-10(2)15-13/h3-8H,1-2H3;4-8H,1-3H3. The van der Waals surface area contributed by atoms with Gasteiger partial charge in [0.05, 0.1) is 18.5 Å². The smallest absolute Gasteiger partial charge is 0.131 e. The molecule has 5 heteroatoms. The van der Waals surface area contributed by atoms with E-state index in [9.17, 15) is 8.78 Å². The predicted molar refractivity (Wildman–Crippen MR) is 125 cm³/mol. The van der Waals surface area contributed by atoms with Gasteiger partial charge in [-0.2, -0.15) is 0 Å². The van der Waals surface area contributed by atoms with Gasteiger partial charge in [0.25, 0.3) is 0 Å². The van der Waals surface area contributed by atoms with E-state index in [1.165, 1.54) is 12.1 Å². The van der Waals surface area contributed by atoms with E-state index in [2.05, 4.69) is 9.97 Å². The molecule has 0 saturated carbocycles. The summed E-state index contributed by atoms with van der Waals surface area (Å²) < 4.78 is 32.2. The van der Waals surface area contributed by atoms with Crippen molar-refractivity contribution in [3.05, 3.63) is 101 Å². The van der Waals surface area contributed by atoms with Gasteiger partial charge in [0.2, 0.25) is 0 Å². The van der Waals surface area contributed by atoms with E-state index in [1.54, 1.807) is 26.2 Å². The van der Waals surface area contributed by atoms with Crippen molar-refractivity contribution in [3.8, 4) is 28.3 Å². The summed E-state index contributed by atoms with van der Waals surface area (Å²) in [7, 11) is 1.65. The molecule has 2 aromatic heterocycles. The van der Waals surface area contributed by atoms with Crippen molar-refractivity contribution in [2.75, 3.05) is 7.11 Å². The molecular weight excluding hydrogens is 406 g/mol. The lowest BCUT2D eigenvalue weighted by Gasteiger charge is -2.06. The van der Waals surface area contributed by atoms with Crippen LogP contribution in [0.1, 0.15) is 22.5 Å². The van der Waals surface area contributed by atoms with Gasteiger partial charge in [0.1, 0.15) is 17.4 Å². The number of nitrogens with zero attached hydrogens (tertiary/aromatic N) is 2. The molecule has 0 aliphatic carbocycles. The van der Waals surface area contributed by atoms with Crippen molar-refractivity contribution in [1.82, 2.24) is 9.97 Å². The summed E-state index contributed by atoms with van der Waals surface area (Å²) in [5.74, 6) is 0.0468. The van der Waals surface area contributed by atoms with Crippen LogP contribution in [-0.4, -0.2) is 17.1 Å². The normalized spacial score (nSPS) is 10.3. The molecule has 4 aromatic rings. The van der Waals surface area contributed by atoms with Gasteiger partial charge in [0.15, 0.2) is 0 Å². The van der Waals surface area contributed by atoms with Crippen molar-refractivity contribution in [2.45, 2.75) is 27.7 Å². The van der Waals surface area contributed by atoms with Gasteiger partial charge in [-0.05, 0) is 63.1 Å². The van der Waals surface area contributed by atoms with Gasteiger partial charge in [0, 0.05) is 29.1 Å². The topological polar surface area (TPSA) is 35.0 Å². The lowest BCUT2D eigenvalue weighted by molar-refractivity contribution is 0.414. The van der Waals surface area contributed by atoms with Crippen molar-refractivity contribution in [2.24, 2.45) is 0 Å². The van der Waals surface area contributed by atoms with E-state index in [1.807, 2.05) is 63.2 Å². The number of methoxy groups -OCH3 is 1. The molecule has 0 N–H and O–H groups in total. The number of rotatable bonds is 3. The maximum atomic E-state index is 13.7. The molecule has 0 aliphatic heterocycles. The lowest BCUT2D eigenvalue weighted by Crippen LogP contribution is -1.93. The Morgan fingerprint density at radius 2 is 1.38 bits per heavy atom. The molecule has 0 spiro atoms. The monoisotopic (exact) mass is 432 g/mol. The predicted octanol–water partition coefficient (Wildman–Crippen LogP) is 7.02. The molecule has 2 aromatic carbocycles. The molecular formula is C27H26F2N2O. The van der Waals surface area contributed by atoms with Crippen LogP contribution >= 0.6 is 0 Å². The van der Waals surface area contributed by atoms with E-state index >= 15 is 0 Å². The first-order valence-electron chi connectivity index (χ1n) is 10.3. The Morgan fingerprint density at radius 1 is 0.688 bits per heavy atom. The number of ether oxygens (including phenoxy) is 1. The average Bonchev–Trinajstić information content (AvgIpc) is 2.77. The van der Waals surface area contributed by atoms with Gasteiger partial charge in [-0.25, -0.2) is 8.78 Å². The quantitative estimate of drug-likeness (QED) is 0.349. The third-order valence-electron chi connectivity index (χ3n) is 4.92. The number of pyridine rings is 2. The van der Waals surface area contributed by atoms with Crippen LogP contribution in [-0.2, 0) is 0 Å². The third-order valence-corrected chi connectivity index (χ3v) is 4.92. The molecule has 0 fully saturated rings. The van der Waals surface area contributed by atoms with Gasteiger partial charge >= 0.3 is 0 Å². The van der Waals surface area contributed by atoms with E-state index in [0.29, 0.717) is 16.7 Å². The summed E-state index contributed by atoms with van der Waals surface area (Å²) in [6.07, 6.45) is 0. The van der Waals surface area contributed by atoms with Crippen LogP contribution in [0.25, 0.3) is 22.5 Å². The van der Waals surface area contributed by atoms with Crippen LogP contribution in [0, 0.1) is 39.3 Å². The molecule has 0 aliphatic rings. The molecule has 0 bridgehead atoms.